The van der Waals surface area contributed by atoms with Gasteiger partial charge >= 0.3 is 5.97 Å². The standard InChI is InChI=1S/C8H16N2O3/c1-10(6-4-7(9)11)5-2-3-8(12)13/h2-6H2,1H3,(H2,9,11)(H,12,13). The Balaban J connectivity index is 3.35. The first-order chi connectivity index (χ1) is 6.02. The molecule has 0 fully saturated rings. The van der Waals surface area contributed by atoms with Gasteiger partial charge in [-0.15, -0.1) is 0 Å². The summed E-state index contributed by atoms with van der Waals surface area (Å²) in [6.45, 7) is 1.27. The van der Waals surface area contributed by atoms with E-state index in [1.807, 2.05) is 11.9 Å². The molecule has 1 amide bonds. The van der Waals surface area contributed by atoms with Gasteiger partial charge < -0.3 is 15.7 Å². The Morgan fingerprint density at radius 1 is 1.31 bits per heavy atom. The van der Waals surface area contributed by atoms with E-state index in [0.29, 0.717) is 25.9 Å². The van der Waals surface area contributed by atoms with Gasteiger partial charge in [-0.25, -0.2) is 0 Å². The third-order valence-corrected chi connectivity index (χ3v) is 1.67. The number of carboxylic acid groups (broad SMARTS) is 1. The number of rotatable bonds is 7. The van der Waals surface area contributed by atoms with Crippen LogP contribution in [0, 0.1) is 0 Å². The van der Waals surface area contributed by atoms with Gasteiger partial charge in [-0.05, 0) is 20.0 Å². The summed E-state index contributed by atoms with van der Waals surface area (Å²) >= 11 is 0. The average molecular weight is 188 g/mol. The minimum Gasteiger partial charge on any atom is -0.481 e. The van der Waals surface area contributed by atoms with Crippen molar-refractivity contribution in [3.05, 3.63) is 0 Å². The number of nitrogens with two attached hydrogens (primary N) is 1. The summed E-state index contributed by atoms with van der Waals surface area (Å²) < 4.78 is 0. The fraction of sp³-hybridized carbons (Fsp3) is 0.750. The smallest absolute Gasteiger partial charge is 0.303 e. The first-order valence-corrected chi connectivity index (χ1v) is 4.21. The Morgan fingerprint density at radius 2 is 1.92 bits per heavy atom. The van der Waals surface area contributed by atoms with Crippen molar-refractivity contribution >= 4 is 11.9 Å². The zero-order chi connectivity index (χ0) is 10.3. The molecule has 0 bridgehead atoms. The van der Waals surface area contributed by atoms with Crippen molar-refractivity contribution in [2.24, 2.45) is 5.73 Å². The summed E-state index contributed by atoms with van der Waals surface area (Å²) in [5.74, 6) is -1.12. The molecule has 0 aliphatic carbocycles. The lowest BCUT2D eigenvalue weighted by Crippen LogP contribution is -2.25. The van der Waals surface area contributed by atoms with E-state index in [-0.39, 0.29) is 12.3 Å². The van der Waals surface area contributed by atoms with Crippen LogP contribution in [0.1, 0.15) is 19.3 Å². The normalized spacial score (nSPS) is 10.3. The topological polar surface area (TPSA) is 83.6 Å². The fourth-order valence-corrected chi connectivity index (χ4v) is 0.913. The van der Waals surface area contributed by atoms with Crippen LogP contribution in [0.3, 0.4) is 0 Å². The summed E-state index contributed by atoms with van der Waals surface area (Å²) in [4.78, 5) is 22.4. The van der Waals surface area contributed by atoms with Gasteiger partial charge in [-0.1, -0.05) is 0 Å². The van der Waals surface area contributed by atoms with Gasteiger partial charge in [0.1, 0.15) is 0 Å². The molecule has 0 saturated heterocycles. The molecule has 0 aliphatic heterocycles. The molecule has 76 valence electrons. The van der Waals surface area contributed by atoms with Crippen molar-refractivity contribution in [1.82, 2.24) is 4.90 Å². The molecular weight excluding hydrogens is 172 g/mol. The highest BCUT2D eigenvalue weighted by atomic mass is 16.4. The van der Waals surface area contributed by atoms with Gasteiger partial charge in [0.25, 0.3) is 0 Å². The zero-order valence-corrected chi connectivity index (χ0v) is 7.82. The fourth-order valence-electron chi connectivity index (χ4n) is 0.913. The van der Waals surface area contributed by atoms with Crippen LogP contribution in [0.25, 0.3) is 0 Å². The lowest BCUT2D eigenvalue weighted by molar-refractivity contribution is -0.137. The molecule has 0 saturated carbocycles. The lowest BCUT2D eigenvalue weighted by atomic mass is 10.3. The Labute approximate surface area is 77.5 Å². The highest BCUT2D eigenvalue weighted by Gasteiger charge is 2.02. The van der Waals surface area contributed by atoms with E-state index in [9.17, 15) is 9.59 Å². The molecule has 0 radical (unpaired) electrons. The molecule has 0 aromatic rings. The maximum atomic E-state index is 10.4. The van der Waals surface area contributed by atoms with E-state index >= 15 is 0 Å². The number of carbonyl (C=O) groups excluding carboxylic acids is 1. The molecule has 3 N–H and O–H groups in total. The monoisotopic (exact) mass is 188 g/mol. The second-order valence-electron chi connectivity index (χ2n) is 3.02. The minimum absolute atomic E-state index is 0.168. The summed E-state index contributed by atoms with van der Waals surface area (Å²) in [6, 6.07) is 0. The molecule has 0 aliphatic rings. The van der Waals surface area contributed by atoms with Gasteiger partial charge in [0.05, 0.1) is 0 Å². The maximum absolute atomic E-state index is 10.4. The summed E-state index contributed by atoms with van der Waals surface area (Å²) in [5, 5.41) is 8.35. The van der Waals surface area contributed by atoms with Gasteiger partial charge in [-0.3, -0.25) is 9.59 Å². The predicted molar refractivity (Wildman–Crippen MR) is 48.2 cm³/mol. The van der Waals surface area contributed by atoms with Crippen molar-refractivity contribution in [2.75, 3.05) is 20.1 Å². The number of aliphatic carboxylic acids is 1. The minimum atomic E-state index is -0.789. The third-order valence-electron chi connectivity index (χ3n) is 1.67. The molecular formula is C8H16N2O3. The van der Waals surface area contributed by atoms with E-state index in [0.717, 1.165) is 0 Å². The van der Waals surface area contributed by atoms with Crippen LogP contribution in [0.4, 0.5) is 0 Å². The molecule has 5 nitrogen and oxygen atoms in total. The molecule has 13 heavy (non-hydrogen) atoms. The summed E-state index contributed by atoms with van der Waals surface area (Å²) in [5.41, 5.74) is 4.96. The van der Waals surface area contributed by atoms with E-state index in [2.05, 4.69) is 0 Å². The summed E-state index contributed by atoms with van der Waals surface area (Å²) in [6.07, 6.45) is 1.09. The lowest BCUT2D eigenvalue weighted by Gasteiger charge is -2.14. The third kappa shape index (κ3) is 8.81. The van der Waals surface area contributed by atoms with E-state index in [1.165, 1.54) is 0 Å². The first kappa shape index (κ1) is 11.9. The van der Waals surface area contributed by atoms with Crippen molar-refractivity contribution in [2.45, 2.75) is 19.3 Å². The van der Waals surface area contributed by atoms with Crippen molar-refractivity contribution < 1.29 is 14.7 Å². The van der Waals surface area contributed by atoms with Crippen molar-refractivity contribution in [3.63, 3.8) is 0 Å². The second-order valence-corrected chi connectivity index (χ2v) is 3.02. The van der Waals surface area contributed by atoms with Crippen LogP contribution < -0.4 is 5.73 Å². The van der Waals surface area contributed by atoms with Gasteiger partial charge in [-0.2, -0.15) is 0 Å². The molecule has 0 unspecified atom stereocenters. The van der Waals surface area contributed by atoms with Gasteiger partial charge in [0.15, 0.2) is 0 Å². The van der Waals surface area contributed by atoms with E-state index < -0.39 is 5.97 Å². The van der Waals surface area contributed by atoms with Crippen molar-refractivity contribution in [3.8, 4) is 0 Å². The Kier molecular flexibility index (Phi) is 5.88. The number of carbonyl (C=O) groups is 2. The van der Waals surface area contributed by atoms with Gasteiger partial charge in [0, 0.05) is 19.4 Å². The van der Waals surface area contributed by atoms with Crippen LogP contribution >= 0.6 is 0 Å². The number of hydrogen-bond acceptors (Lipinski definition) is 3. The Hall–Kier alpha value is -1.10. The number of nitrogens with zero attached hydrogens (tertiary/aromatic N) is 1. The van der Waals surface area contributed by atoms with E-state index in [1.54, 1.807) is 0 Å². The summed E-state index contributed by atoms with van der Waals surface area (Å²) in [7, 11) is 1.84. The SMILES string of the molecule is CN(CCCC(=O)O)CCC(N)=O. The molecule has 5 heteroatoms. The molecule has 0 atom stereocenters. The molecule has 0 rings (SSSR count). The number of hydrogen-bond donors (Lipinski definition) is 2. The first-order valence-electron chi connectivity index (χ1n) is 4.21. The maximum Gasteiger partial charge on any atom is 0.303 e. The number of amides is 1. The Bertz CT molecular complexity index is 182. The van der Waals surface area contributed by atoms with Crippen LogP contribution in [-0.2, 0) is 9.59 Å². The molecule has 0 aromatic heterocycles. The second kappa shape index (κ2) is 6.42. The molecule has 0 spiro atoms. The highest BCUT2D eigenvalue weighted by molar-refractivity contribution is 5.73. The van der Waals surface area contributed by atoms with E-state index in [4.69, 9.17) is 10.8 Å². The largest absolute Gasteiger partial charge is 0.481 e. The average Bonchev–Trinajstić information content (AvgIpc) is 2.00. The molecule has 0 heterocycles. The van der Waals surface area contributed by atoms with Crippen LogP contribution in [0.15, 0.2) is 0 Å². The van der Waals surface area contributed by atoms with Gasteiger partial charge in [0.2, 0.25) is 5.91 Å². The van der Waals surface area contributed by atoms with Crippen LogP contribution in [0.5, 0.6) is 0 Å². The highest BCUT2D eigenvalue weighted by Crippen LogP contribution is 1.93. The van der Waals surface area contributed by atoms with Crippen LogP contribution in [0.2, 0.25) is 0 Å². The van der Waals surface area contributed by atoms with Crippen LogP contribution in [-0.4, -0.2) is 42.0 Å². The quantitative estimate of drug-likeness (QED) is 0.572. The number of primary amides is 1. The predicted octanol–water partition coefficient (Wildman–Crippen LogP) is -0.342. The molecule has 0 aromatic carbocycles. The number of carboxylic acids is 1. The zero-order valence-electron chi connectivity index (χ0n) is 7.82. The Morgan fingerprint density at radius 3 is 2.38 bits per heavy atom. The van der Waals surface area contributed by atoms with Crippen molar-refractivity contribution in [1.29, 1.82) is 0 Å².